The second kappa shape index (κ2) is 64.1. The van der Waals surface area contributed by atoms with Gasteiger partial charge in [-0.3, -0.25) is 37.3 Å². The maximum atomic E-state index is 13.0. The van der Waals surface area contributed by atoms with Crippen LogP contribution in [0.1, 0.15) is 369 Å². The molecule has 2 unspecified atom stereocenters. The number of rotatable bonds is 71. The predicted octanol–water partition coefficient (Wildman–Crippen LogP) is 20.8. The van der Waals surface area contributed by atoms with E-state index in [0.717, 1.165) is 102 Å². The van der Waals surface area contributed by atoms with Gasteiger partial charge in [0.05, 0.1) is 26.4 Å². The molecule has 0 aliphatic rings. The molecule has 0 aliphatic heterocycles. The SMILES string of the molecule is CCCCCCCCCCCCCC(=O)OC[C@H](COP(=O)(O)OC[C@@H](O)COP(=O)(O)OC[C@@H](COC(=O)CCCCCCCCCC(C)C)OC(=O)CCCCCCCCCCCCC)OC(=O)CCCCCCCCCCCCCCCCCCC(C)C. The molecule has 0 radical (unpaired) electrons. The number of phosphoric ester groups is 2. The molecule has 17 nitrogen and oxygen atoms in total. The number of ether oxygens (including phenoxy) is 4. The molecule has 0 saturated heterocycles. The van der Waals surface area contributed by atoms with Gasteiger partial charge in [0.2, 0.25) is 0 Å². The first-order valence-electron chi connectivity index (χ1n) is 37.5. The van der Waals surface area contributed by atoms with Crippen molar-refractivity contribution in [1.29, 1.82) is 0 Å². The highest BCUT2D eigenvalue weighted by atomic mass is 31.2. The quantitative estimate of drug-likeness (QED) is 0.0222. The summed E-state index contributed by atoms with van der Waals surface area (Å²) in [6.45, 7) is 9.53. The molecule has 0 saturated carbocycles. The van der Waals surface area contributed by atoms with Crippen LogP contribution in [0.25, 0.3) is 0 Å². The van der Waals surface area contributed by atoms with Gasteiger partial charge in [-0.15, -0.1) is 0 Å². The van der Waals surface area contributed by atoms with E-state index >= 15 is 0 Å². The Bertz CT molecular complexity index is 1770. The standard InChI is InChI=1S/C72H140O17P2/c1-7-9-11-13-15-17-25-30-36-42-48-54-69(74)82-60-67(88-72(77)57-51-45-38-32-28-24-22-20-19-21-23-27-29-34-40-46-52-64(3)4)62-86-90(78,79)84-58-66(73)59-85-91(80,81)87-63-68(61-83-70(75)55-49-43-39-33-35-41-47-53-65(5)6)89-71(76)56-50-44-37-31-26-18-16-14-12-10-8-2/h64-68,73H,7-63H2,1-6H3,(H,78,79)(H,80,81)/t66-,67-,68-/m1/s1. The first-order chi connectivity index (χ1) is 43.9. The summed E-state index contributed by atoms with van der Waals surface area (Å²) in [6.07, 6.45) is 50.0. The highest BCUT2D eigenvalue weighted by Crippen LogP contribution is 2.45. The van der Waals surface area contributed by atoms with Gasteiger partial charge in [0, 0.05) is 25.7 Å². The number of carbonyl (C=O) groups excluding carboxylic acids is 4. The van der Waals surface area contributed by atoms with Gasteiger partial charge in [-0.25, -0.2) is 9.13 Å². The van der Waals surface area contributed by atoms with Crippen molar-refractivity contribution in [3.63, 3.8) is 0 Å². The lowest BCUT2D eigenvalue weighted by atomic mass is 10.0. The molecule has 0 amide bonds. The highest BCUT2D eigenvalue weighted by molar-refractivity contribution is 7.47. The molecule has 3 N–H and O–H groups in total. The molecule has 5 atom stereocenters. The lowest BCUT2D eigenvalue weighted by molar-refractivity contribution is -0.161. The molecule has 0 bridgehead atoms. The number of aliphatic hydroxyl groups is 1. The number of phosphoric acid groups is 2. The Labute approximate surface area is 556 Å². The molecule has 91 heavy (non-hydrogen) atoms. The minimum atomic E-state index is -4.95. The van der Waals surface area contributed by atoms with Gasteiger partial charge in [-0.05, 0) is 37.5 Å². The fourth-order valence-corrected chi connectivity index (χ4v) is 12.5. The minimum Gasteiger partial charge on any atom is -0.462 e. The summed E-state index contributed by atoms with van der Waals surface area (Å²) in [6, 6.07) is 0. The summed E-state index contributed by atoms with van der Waals surface area (Å²) >= 11 is 0. The summed E-state index contributed by atoms with van der Waals surface area (Å²) in [4.78, 5) is 72.6. The molecule has 0 fully saturated rings. The number of aliphatic hydroxyl groups excluding tert-OH is 1. The van der Waals surface area contributed by atoms with Crippen molar-refractivity contribution in [2.45, 2.75) is 387 Å². The van der Waals surface area contributed by atoms with Crippen molar-refractivity contribution >= 4 is 39.5 Å². The molecular weight excluding hydrogens is 1200 g/mol. The van der Waals surface area contributed by atoms with Crippen molar-refractivity contribution in [1.82, 2.24) is 0 Å². The Kier molecular flexibility index (Phi) is 62.7. The maximum absolute atomic E-state index is 13.0. The number of esters is 4. The van der Waals surface area contributed by atoms with Crippen molar-refractivity contribution in [3.05, 3.63) is 0 Å². The summed E-state index contributed by atoms with van der Waals surface area (Å²) in [7, 11) is -9.90. The number of hydrogen-bond donors (Lipinski definition) is 3. The van der Waals surface area contributed by atoms with Gasteiger partial charge in [0.15, 0.2) is 12.2 Å². The van der Waals surface area contributed by atoms with Gasteiger partial charge in [0.1, 0.15) is 19.3 Å². The summed E-state index contributed by atoms with van der Waals surface area (Å²) in [5.41, 5.74) is 0. The maximum Gasteiger partial charge on any atom is 0.472 e. The van der Waals surface area contributed by atoms with Crippen molar-refractivity contribution in [2.75, 3.05) is 39.6 Å². The Morgan fingerprint density at radius 2 is 0.505 bits per heavy atom. The molecule has 540 valence electrons. The zero-order valence-corrected chi connectivity index (χ0v) is 60.9. The second-order valence-electron chi connectivity index (χ2n) is 26.9. The van der Waals surface area contributed by atoms with E-state index in [0.29, 0.717) is 31.6 Å². The molecule has 0 aliphatic carbocycles. The van der Waals surface area contributed by atoms with E-state index in [2.05, 4.69) is 41.5 Å². The lowest BCUT2D eigenvalue weighted by Crippen LogP contribution is -2.30. The van der Waals surface area contributed by atoms with E-state index in [1.807, 2.05) is 0 Å². The van der Waals surface area contributed by atoms with Crippen LogP contribution in [-0.4, -0.2) is 96.7 Å². The Hall–Kier alpha value is -1.94. The van der Waals surface area contributed by atoms with Crippen LogP contribution in [0.3, 0.4) is 0 Å². The molecule has 0 aromatic rings. The van der Waals surface area contributed by atoms with E-state index in [4.69, 9.17) is 37.0 Å². The van der Waals surface area contributed by atoms with Crippen LogP contribution in [0.2, 0.25) is 0 Å². The van der Waals surface area contributed by atoms with E-state index < -0.39 is 97.5 Å². The second-order valence-corrected chi connectivity index (χ2v) is 29.8. The zero-order valence-electron chi connectivity index (χ0n) is 59.1. The molecular formula is C72H140O17P2. The monoisotopic (exact) mass is 1340 g/mol. The minimum absolute atomic E-state index is 0.106. The van der Waals surface area contributed by atoms with Crippen LogP contribution < -0.4 is 0 Å². The average molecular weight is 1340 g/mol. The fourth-order valence-electron chi connectivity index (χ4n) is 10.9. The summed E-state index contributed by atoms with van der Waals surface area (Å²) < 4.78 is 68.3. The van der Waals surface area contributed by atoms with Crippen LogP contribution in [0.4, 0.5) is 0 Å². The van der Waals surface area contributed by atoms with Gasteiger partial charge >= 0.3 is 39.5 Å². The first-order valence-corrected chi connectivity index (χ1v) is 40.5. The van der Waals surface area contributed by atoms with E-state index in [1.165, 1.54) is 180 Å². The lowest BCUT2D eigenvalue weighted by Gasteiger charge is -2.21. The van der Waals surface area contributed by atoms with Gasteiger partial charge < -0.3 is 33.8 Å². The smallest absolute Gasteiger partial charge is 0.462 e. The van der Waals surface area contributed by atoms with Crippen LogP contribution in [0.5, 0.6) is 0 Å². The zero-order chi connectivity index (χ0) is 67.2. The van der Waals surface area contributed by atoms with Crippen LogP contribution >= 0.6 is 15.6 Å². The summed E-state index contributed by atoms with van der Waals surface area (Å²) in [5.74, 6) is -0.607. The topological polar surface area (TPSA) is 237 Å². The third-order valence-corrected chi connectivity index (χ3v) is 18.6. The van der Waals surface area contributed by atoms with Crippen LogP contribution in [0.15, 0.2) is 0 Å². The highest BCUT2D eigenvalue weighted by Gasteiger charge is 2.30. The number of unbranched alkanes of at least 4 members (excludes halogenated alkanes) is 41. The Balaban J connectivity index is 5.20. The largest absolute Gasteiger partial charge is 0.472 e. The van der Waals surface area contributed by atoms with Crippen molar-refractivity contribution < 1.29 is 80.2 Å². The first kappa shape index (κ1) is 89.1. The molecule has 0 heterocycles. The van der Waals surface area contributed by atoms with E-state index in [1.54, 1.807) is 0 Å². The predicted molar refractivity (Wildman–Crippen MR) is 368 cm³/mol. The molecule has 0 aromatic carbocycles. The average Bonchev–Trinajstić information content (AvgIpc) is 3.62. The Morgan fingerprint density at radius 1 is 0.297 bits per heavy atom. The normalized spacial score (nSPS) is 14.1. The third-order valence-electron chi connectivity index (χ3n) is 16.7. The number of hydrogen-bond acceptors (Lipinski definition) is 15. The molecule has 0 rings (SSSR count). The van der Waals surface area contributed by atoms with Gasteiger partial charge in [0.25, 0.3) is 0 Å². The van der Waals surface area contributed by atoms with Crippen molar-refractivity contribution in [2.24, 2.45) is 11.8 Å². The molecule has 0 aromatic heterocycles. The van der Waals surface area contributed by atoms with Crippen molar-refractivity contribution in [3.8, 4) is 0 Å². The Morgan fingerprint density at radius 3 is 0.747 bits per heavy atom. The summed E-state index contributed by atoms with van der Waals surface area (Å²) in [5, 5.41) is 10.6. The number of carbonyl (C=O) groups is 4. The molecule has 19 heteroatoms. The van der Waals surface area contributed by atoms with Crippen LogP contribution in [-0.2, 0) is 65.4 Å². The van der Waals surface area contributed by atoms with Gasteiger partial charge in [-0.1, -0.05) is 318 Å². The third kappa shape index (κ3) is 66.5. The van der Waals surface area contributed by atoms with E-state index in [-0.39, 0.29) is 25.7 Å². The van der Waals surface area contributed by atoms with Gasteiger partial charge in [-0.2, -0.15) is 0 Å². The molecule has 0 spiro atoms. The fraction of sp³-hybridized carbons (Fsp3) is 0.944. The van der Waals surface area contributed by atoms with Crippen LogP contribution in [0, 0.1) is 11.8 Å². The van der Waals surface area contributed by atoms with E-state index in [9.17, 15) is 43.2 Å².